The van der Waals surface area contributed by atoms with Crippen LogP contribution in [0.2, 0.25) is 0 Å². The third-order valence-corrected chi connectivity index (χ3v) is 4.54. The molecule has 2 heterocycles. The van der Waals surface area contributed by atoms with Gasteiger partial charge < -0.3 is 10.2 Å². The van der Waals surface area contributed by atoms with Crippen molar-refractivity contribution in [3.05, 3.63) is 0 Å². The zero-order valence-corrected chi connectivity index (χ0v) is 12.0. The average Bonchev–Trinajstić information content (AvgIpc) is 2.46. The fraction of sp³-hybridized carbons (Fsp3) is 1.00. The summed E-state index contributed by atoms with van der Waals surface area (Å²) in [4.78, 5) is 5.32. The topological polar surface area (TPSA) is 18.5 Å². The Kier molecular flexibility index (Phi) is 4.11. The van der Waals surface area contributed by atoms with Crippen LogP contribution < -0.4 is 5.32 Å². The van der Waals surface area contributed by atoms with Gasteiger partial charge in [0.15, 0.2) is 0 Å². The van der Waals surface area contributed by atoms with E-state index < -0.39 is 0 Å². The van der Waals surface area contributed by atoms with E-state index in [1.54, 1.807) is 0 Å². The molecule has 3 heteroatoms. The minimum Gasteiger partial charge on any atom is -0.319 e. The number of likely N-dealkylation sites (N-methyl/N-ethyl adjacent to an activating group) is 1. The molecule has 2 fully saturated rings. The van der Waals surface area contributed by atoms with Crippen LogP contribution in [0.1, 0.15) is 33.1 Å². The second-order valence-corrected chi connectivity index (χ2v) is 6.77. The lowest BCUT2D eigenvalue weighted by Crippen LogP contribution is -2.43. The fourth-order valence-corrected chi connectivity index (χ4v) is 3.66. The lowest BCUT2D eigenvalue weighted by atomic mass is 9.92. The van der Waals surface area contributed by atoms with Crippen molar-refractivity contribution in [3.63, 3.8) is 0 Å². The third kappa shape index (κ3) is 3.21. The molecule has 0 aromatic rings. The van der Waals surface area contributed by atoms with E-state index in [-0.39, 0.29) is 0 Å². The highest BCUT2D eigenvalue weighted by molar-refractivity contribution is 4.92. The number of hydrogen-bond acceptors (Lipinski definition) is 3. The molecular weight excluding hydrogens is 210 g/mol. The molecule has 100 valence electrons. The highest BCUT2D eigenvalue weighted by Gasteiger charge is 2.35. The van der Waals surface area contributed by atoms with Gasteiger partial charge in [0.1, 0.15) is 0 Å². The largest absolute Gasteiger partial charge is 0.319 e. The van der Waals surface area contributed by atoms with Crippen LogP contribution >= 0.6 is 0 Å². The maximum absolute atomic E-state index is 3.32. The number of nitrogens with one attached hydrogen (secondary N) is 1. The van der Waals surface area contributed by atoms with Crippen LogP contribution in [0.4, 0.5) is 0 Å². The molecule has 0 radical (unpaired) electrons. The molecule has 2 aliphatic rings. The molecule has 1 N–H and O–H groups in total. The summed E-state index contributed by atoms with van der Waals surface area (Å²) in [6.45, 7) is 9.64. The lowest BCUT2D eigenvalue weighted by molar-refractivity contribution is 0.159. The van der Waals surface area contributed by atoms with Crippen molar-refractivity contribution >= 4 is 0 Å². The van der Waals surface area contributed by atoms with Crippen molar-refractivity contribution in [2.75, 3.05) is 40.3 Å². The summed E-state index contributed by atoms with van der Waals surface area (Å²) in [5, 5.41) is 3.32. The Morgan fingerprint density at radius 1 is 1.18 bits per heavy atom. The van der Waals surface area contributed by atoms with Crippen LogP contribution in [0, 0.1) is 5.41 Å². The monoisotopic (exact) mass is 239 g/mol. The Morgan fingerprint density at radius 3 is 2.59 bits per heavy atom. The number of nitrogens with zero attached hydrogens (tertiary/aromatic N) is 2. The van der Waals surface area contributed by atoms with E-state index >= 15 is 0 Å². The summed E-state index contributed by atoms with van der Waals surface area (Å²) < 4.78 is 0. The molecule has 0 aliphatic carbocycles. The van der Waals surface area contributed by atoms with Gasteiger partial charge in [0.05, 0.1) is 0 Å². The summed E-state index contributed by atoms with van der Waals surface area (Å²) in [7, 11) is 4.38. The van der Waals surface area contributed by atoms with E-state index in [1.165, 1.54) is 38.9 Å². The van der Waals surface area contributed by atoms with Crippen molar-refractivity contribution < 1.29 is 0 Å². The number of hydrogen-bond donors (Lipinski definition) is 1. The molecule has 17 heavy (non-hydrogen) atoms. The van der Waals surface area contributed by atoms with Crippen molar-refractivity contribution in [1.82, 2.24) is 15.1 Å². The van der Waals surface area contributed by atoms with Gasteiger partial charge in [-0.1, -0.05) is 13.8 Å². The molecule has 2 rings (SSSR count). The SMILES string of the molecule is CNCC(C)(C)CN1CCC2CCC(C1)N2C. The summed E-state index contributed by atoms with van der Waals surface area (Å²) in [5.74, 6) is 0. The van der Waals surface area contributed by atoms with Gasteiger partial charge in [0.2, 0.25) is 0 Å². The summed E-state index contributed by atoms with van der Waals surface area (Å²) in [6, 6.07) is 1.67. The van der Waals surface area contributed by atoms with E-state index in [0.29, 0.717) is 5.41 Å². The Hall–Kier alpha value is -0.120. The molecule has 3 nitrogen and oxygen atoms in total. The Labute approximate surface area is 107 Å². The van der Waals surface area contributed by atoms with Gasteiger partial charge in [-0.05, 0) is 45.3 Å². The standard InChI is InChI=1S/C14H29N3/c1-14(2,10-15-3)11-17-8-7-12-5-6-13(9-17)16(12)4/h12-13,15H,5-11H2,1-4H3. The molecule has 0 aromatic heterocycles. The van der Waals surface area contributed by atoms with Gasteiger partial charge in [0.25, 0.3) is 0 Å². The van der Waals surface area contributed by atoms with Gasteiger partial charge in [-0.3, -0.25) is 4.90 Å². The average molecular weight is 239 g/mol. The van der Waals surface area contributed by atoms with Crippen molar-refractivity contribution in [2.24, 2.45) is 5.41 Å². The zero-order chi connectivity index (χ0) is 12.5. The summed E-state index contributed by atoms with van der Waals surface area (Å²) in [5.41, 5.74) is 0.386. The molecule has 0 saturated carbocycles. The lowest BCUT2D eigenvalue weighted by Gasteiger charge is -2.33. The second kappa shape index (κ2) is 5.25. The molecule has 0 amide bonds. The van der Waals surface area contributed by atoms with Gasteiger partial charge in [-0.15, -0.1) is 0 Å². The van der Waals surface area contributed by atoms with Crippen molar-refractivity contribution in [1.29, 1.82) is 0 Å². The van der Waals surface area contributed by atoms with E-state index in [4.69, 9.17) is 0 Å². The van der Waals surface area contributed by atoms with E-state index in [0.717, 1.165) is 18.6 Å². The van der Waals surface area contributed by atoms with Gasteiger partial charge in [-0.25, -0.2) is 0 Å². The highest BCUT2D eigenvalue weighted by atomic mass is 15.3. The zero-order valence-electron chi connectivity index (χ0n) is 12.0. The van der Waals surface area contributed by atoms with Crippen LogP contribution in [0.5, 0.6) is 0 Å². The second-order valence-electron chi connectivity index (χ2n) is 6.77. The van der Waals surface area contributed by atoms with Crippen LogP contribution in [0.3, 0.4) is 0 Å². The normalized spacial score (nSPS) is 31.8. The molecule has 2 atom stereocenters. The molecule has 2 saturated heterocycles. The fourth-order valence-electron chi connectivity index (χ4n) is 3.66. The van der Waals surface area contributed by atoms with Gasteiger partial charge >= 0.3 is 0 Å². The number of fused-ring (bicyclic) bond motifs is 2. The number of likely N-dealkylation sites (tertiary alicyclic amines) is 1. The highest BCUT2D eigenvalue weighted by Crippen LogP contribution is 2.29. The van der Waals surface area contributed by atoms with Crippen LogP contribution in [0.25, 0.3) is 0 Å². The van der Waals surface area contributed by atoms with E-state index in [9.17, 15) is 0 Å². The van der Waals surface area contributed by atoms with E-state index in [1.807, 2.05) is 0 Å². The first-order valence-corrected chi connectivity index (χ1v) is 7.11. The Balaban J connectivity index is 1.91. The molecular formula is C14H29N3. The minimum absolute atomic E-state index is 0.386. The molecule has 0 aromatic carbocycles. The first kappa shape index (κ1) is 13.3. The van der Waals surface area contributed by atoms with Crippen molar-refractivity contribution in [2.45, 2.75) is 45.2 Å². The van der Waals surface area contributed by atoms with Crippen LogP contribution in [0.15, 0.2) is 0 Å². The molecule has 2 bridgehead atoms. The molecule has 2 unspecified atom stereocenters. The van der Waals surface area contributed by atoms with Crippen LogP contribution in [-0.2, 0) is 0 Å². The number of rotatable bonds is 4. The molecule has 0 spiro atoms. The third-order valence-electron chi connectivity index (χ3n) is 4.54. The first-order chi connectivity index (χ1) is 8.02. The maximum atomic E-state index is 3.32. The quantitative estimate of drug-likeness (QED) is 0.800. The Bertz CT molecular complexity index is 252. The summed E-state index contributed by atoms with van der Waals surface area (Å²) in [6.07, 6.45) is 4.20. The van der Waals surface area contributed by atoms with Gasteiger partial charge in [0, 0.05) is 31.7 Å². The van der Waals surface area contributed by atoms with E-state index in [2.05, 4.69) is 43.1 Å². The predicted molar refractivity (Wildman–Crippen MR) is 73.3 cm³/mol. The van der Waals surface area contributed by atoms with Crippen LogP contribution in [-0.4, -0.2) is 62.2 Å². The Morgan fingerprint density at radius 2 is 1.88 bits per heavy atom. The smallest absolute Gasteiger partial charge is 0.0223 e. The van der Waals surface area contributed by atoms with Gasteiger partial charge in [-0.2, -0.15) is 0 Å². The minimum atomic E-state index is 0.386. The molecule has 2 aliphatic heterocycles. The van der Waals surface area contributed by atoms with Crippen molar-refractivity contribution in [3.8, 4) is 0 Å². The first-order valence-electron chi connectivity index (χ1n) is 7.11. The maximum Gasteiger partial charge on any atom is 0.0223 e. The predicted octanol–water partition coefficient (Wildman–Crippen LogP) is 1.40. The summed E-state index contributed by atoms with van der Waals surface area (Å²) >= 11 is 0.